The first-order valence-corrected chi connectivity index (χ1v) is 9.15. The van der Waals surface area contributed by atoms with Crippen LogP contribution in [-0.4, -0.2) is 48.3 Å². The third-order valence-electron chi connectivity index (χ3n) is 4.39. The summed E-state index contributed by atoms with van der Waals surface area (Å²) in [5.41, 5.74) is 1.32. The van der Waals surface area contributed by atoms with Gasteiger partial charge in [-0.3, -0.25) is 19.3 Å². The minimum absolute atomic E-state index is 0.0220. The number of nitrogens with zero attached hydrogens (tertiary/aromatic N) is 1. The van der Waals surface area contributed by atoms with Crippen LogP contribution in [0.1, 0.15) is 39.5 Å². The zero-order valence-electron chi connectivity index (χ0n) is 15.5. The molecule has 26 heavy (non-hydrogen) atoms. The third kappa shape index (κ3) is 6.84. The average Bonchev–Trinajstić information content (AvgIpc) is 3.08. The summed E-state index contributed by atoms with van der Waals surface area (Å²) in [5.74, 6) is -0.338. The van der Waals surface area contributed by atoms with Gasteiger partial charge < -0.3 is 16.0 Å². The molecule has 0 heterocycles. The summed E-state index contributed by atoms with van der Waals surface area (Å²) in [4.78, 5) is 37.1. The van der Waals surface area contributed by atoms with Crippen LogP contribution in [0.5, 0.6) is 0 Å². The van der Waals surface area contributed by atoms with Gasteiger partial charge in [0.1, 0.15) is 0 Å². The number of amides is 3. The number of carbonyl (C=O) groups is 3. The number of anilines is 2. The second-order valence-corrected chi connectivity index (χ2v) is 6.66. The molecule has 1 aliphatic carbocycles. The van der Waals surface area contributed by atoms with Crippen LogP contribution in [0.4, 0.5) is 11.4 Å². The van der Waals surface area contributed by atoms with Crippen LogP contribution in [0, 0.1) is 0 Å². The lowest BCUT2D eigenvalue weighted by molar-refractivity contribution is -0.124. The lowest BCUT2D eigenvalue weighted by Crippen LogP contribution is -2.43. The fourth-order valence-electron chi connectivity index (χ4n) is 3.07. The Hall–Kier alpha value is -2.41. The summed E-state index contributed by atoms with van der Waals surface area (Å²) >= 11 is 0. The SMILES string of the molecule is CCN(CC(=O)Nc1ccc(NC(C)=O)cc1)CC(=O)NC1CCCC1. The van der Waals surface area contributed by atoms with Gasteiger partial charge in [-0.2, -0.15) is 0 Å². The van der Waals surface area contributed by atoms with Crippen molar-refractivity contribution in [3.05, 3.63) is 24.3 Å². The highest BCUT2D eigenvalue weighted by molar-refractivity contribution is 5.93. The molecule has 0 atom stereocenters. The standard InChI is InChI=1S/C19H28N4O3/c1-3-23(12-18(25)21-15-6-4-5-7-15)13-19(26)22-17-10-8-16(9-11-17)20-14(2)24/h8-11,15H,3-7,12-13H2,1-2H3,(H,20,24)(H,21,25)(H,22,26). The number of nitrogens with one attached hydrogen (secondary N) is 3. The quantitative estimate of drug-likeness (QED) is 0.661. The normalized spacial score (nSPS) is 14.3. The van der Waals surface area contributed by atoms with E-state index in [9.17, 15) is 14.4 Å². The van der Waals surface area contributed by atoms with Gasteiger partial charge >= 0.3 is 0 Å². The van der Waals surface area contributed by atoms with E-state index in [1.165, 1.54) is 19.8 Å². The van der Waals surface area contributed by atoms with E-state index < -0.39 is 0 Å². The summed E-state index contributed by atoms with van der Waals surface area (Å²) in [7, 11) is 0. The predicted octanol–water partition coefficient (Wildman–Crippen LogP) is 1.96. The molecule has 0 saturated heterocycles. The molecule has 7 heteroatoms. The van der Waals surface area contributed by atoms with Crippen molar-refractivity contribution in [3.63, 3.8) is 0 Å². The molecule has 0 bridgehead atoms. The molecule has 7 nitrogen and oxygen atoms in total. The summed E-state index contributed by atoms with van der Waals surface area (Å²) in [6, 6.07) is 7.20. The maximum absolute atomic E-state index is 12.2. The summed E-state index contributed by atoms with van der Waals surface area (Å²) in [6.45, 7) is 4.37. The van der Waals surface area contributed by atoms with Gasteiger partial charge in [0.25, 0.3) is 0 Å². The number of hydrogen-bond acceptors (Lipinski definition) is 4. The van der Waals surface area contributed by atoms with Crippen molar-refractivity contribution in [1.29, 1.82) is 0 Å². The van der Waals surface area contributed by atoms with E-state index in [2.05, 4.69) is 16.0 Å². The van der Waals surface area contributed by atoms with Gasteiger partial charge in [-0.25, -0.2) is 0 Å². The van der Waals surface area contributed by atoms with Crippen LogP contribution in [0.2, 0.25) is 0 Å². The largest absolute Gasteiger partial charge is 0.352 e. The first-order valence-electron chi connectivity index (χ1n) is 9.15. The molecular weight excluding hydrogens is 332 g/mol. The van der Waals surface area contributed by atoms with Crippen molar-refractivity contribution in [2.75, 3.05) is 30.3 Å². The fraction of sp³-hybridized carbons (Fsp3) is 0.526. The molecule has 2 rings (SSSR count). The van der Waals surface area contributed by atoms with Crippen LogP contribution in [-0.2, 0) is 14.4 Å². The lowest BCUT2D eigenvalue weighted by Gasteiger charge is -2.21. The Morgan fingerprint density at radius 1 is 0.962 bits per heavy atom. The fourth-order valence-corrected chi connectivity index (χ4v) is 3.07. The topological polar surface area (TPSA) is 90.5 Å². The van der Waals surface area contributed by atoms with E-state index in [-0.39, 0.29) is 36.9 Å². The van der Waals surface area contributed by atoms with Crippen LogP contribution in [0.15, 0.2) is 24.3 Å². The smallest absolute Gasteiger partial charge is 0.238 e. The van der Waals surface area contributed by atoms with Crippen molar-refractivity contribution in [3.8, 4) is 0 Å². The molecule has 0 unspecified atom stereocenters. The molecule has 0 aromatic heterocycles. The number of likely N-dealkylation sites (N-methyl/N-ethyl adjacent to an activating group) is 1. The minimum atomic E-state index is -0.173. The van der Waals surface area contributed by atoms with Gasteiger partial charge in [0.15, 0.2) is 0 Å². The van der Waals surface area contributed by atoms with Crippen molar-refractivity contribution in [2.24, 2.45) is 0 Å². The predicted molar refractivity (Wildman–Crippen MR) is 102 cm³/mol. The van der Waals surface area contributed by atoms with E-state index in [1.54, 1.807) is 24.3 Å². The second kappa shape index (κ2) is 9.91. The van der Waals surface area contributed by atoms with Gasteiger partial charge in [0.05, 0.1) is 13.1 Å². The Bertz CT molecular complexity index is 624. The molecule has 142 valence electrons. The lowest BCUT2D eigenvalue weighted by atomic mass is 10.2. The Labute approximate surface area is 154 Å². The Morgan fingerprint density at radius 2 is 1.50 bits per heavy atom. The van der Waals surface area contributed by atoms with E-state index in [0.29, 0.717) is 17.9 Å². The van der Waals surface area contributed by atoms with Crippen molar-refractivity contribution < 1.29 is 14.4 Å². The molecule has 0 spiro atoms. The summed E-state index contributed by atoms with van der Waals surface area (Å²) < 4.78 is 0. The van der Waals surface area contributed by atoms with Crippen molar-refractivity contribution in [1.82, 2.24) is 10.2 Å². The van der Waals surface area contributed by atoms with Crippen LogP contribution < -0.4 is 16.0 Å². The Kier molecular flexibility index (Phi) is 7.59. The zero-order chi connectivity index (χ0) is 18.9. The molecular formula is C19H28N4O3. The van der Waals surface area contributed by atoms with Gasteiger partial charge in [-0.05, 0) is 43.7 Å². The molecule has 1 aliphatic rings. The number of carbonyl (C=O) groups excluding carboxylic acids is 3. The maximum Gasteiger partial charge on any atom is 0.238 e. The highest BCUT2D eigenvalue weighted by atomic mass is 16.2. The van der Waals surface area contributed by atoms with Crippen molar-refractivity contribution in [2.45, 2.75) is 45.6 Å². The van der Waals surface area contributed by atoms with E-state index >= 15 is 0 Å². The van der Waals surface area contributed by atoms with Gasteiger partial charge in [0.2, 0.25) is 17.7 Å². The highest BCUT2D eigenvalue weighted by Crippen LogP contribution is 2.17. The molecule has 3 N–H and O–H groups in total. The van der Waals surface area contributed by atoms with Crippen LogP contribution in [0.25, 0.3) is 0 Å². The van der Waals surface area contributed by atoms with E-state index in [1.807, 2.05) is 11.8 Å². The van der Waals surface area contributed by atoms with E-state index in [0.717, 1.165) is 12.8 Å². The minimum Gasteiger partial charge on any atom is -0.352 e. The molecule has 3 amide bonds. The van der Waals surface area contributed by atoms with Gasteiger partial charge in [0, 0.05) is 24.3 Å². The average molecular weight is 360 g/mol. The van der Waals surface area contributed by atoms with Crippen molar-refractivity contribution >= 4 is 29.1 Å². The first kappa shape index (κ1) is 19.9. The first-order chi connectivity index (χ1) is 12.5. The molecule has 0 radical (unpaired) electrons. The van der Waals surface area contributed by atoms with E-state index in [4.69, 9.17) is 0 Å². The van der Waals surface area contributed by atoms with Gasteiger partial charge in [-0.1, -0.05) is 19.8 Å². The summed E-state index contributed by atoms with van der Waals surface area (Å²) in [6.07, 6.45) is 4.44. The monoisotopic (exact) mass is 360 g/mol. The molecule has 1 fully saturated rings. The van der Waals surface area contributed by atoms with Crippen LogP contribution >= 0.6 is 0 Å². The second-order valence-electron chi connectivity index (χ2n) is 6.66. The Morgan fingerprint density at radius 3 is 2.04 bits per heavy atom. The Balaban J connectivity index is 1.78. The van der Waals surface area contributed by atoms with Crippen LogP contribution in [0.3, 0.4) is 0 Å². The maximum atomic E-state index is 12.2. The molecule has 1 aromatic rings. The molecule has 1 saturated carbocycles. The van der Waals surface area contributed by atoms with Gasteiger partial charge in [-0.15, -0.1) is 0 Å². The molecule has 1 aromatic carbocycles. The number of hydrogen-bond donors (Lipinski definition) is 3. The molecule has 0 aliphatic heterocycles. The zero-order valence-corrected chi connectivity index (χ0v) is 15.5. The number of benzene rings is 1. The number of rotatable bonds is 8. The summed E-state index contributed by atoms with van der Waals surface area (Å²) in [5, 5.41) is 8.52. The third-order valence-corrected chi connectivity index (χ3v) is 4.39. The highest BCUT2D eigenvalue weighted by Gasteiger charge is 2.19.